The highest BCUT2D eigenvalue weighted by molar-refractivity contribution is 6.52. The standard InChI is InChI=1S/C9H13BN2O/c1-10-6-3-4-8(11)7(5-6)9(13)12-2/h3-5,10H,11H2,1-2H3,(H,12,13). The van der Waals surface area contributed by atoms with E-state index in [1.54, 1.807) is 13.1 Å². The van der Waals surface area contributed by atoms with Crippen LogP contribution in [0.5, 0.6) is 0 Å². The first-order valence-electron chi connectivity index (χ1n) is 4.29. The Hall–Kier alpha value is -1.45. The molecule has 68 valence electrons. The van der Waals surface area contributed by atoms with Crippen molar-refractivity contribution in [1.82, 2.24) is 5.32 Å². The highest BCUT2D eigenvalue weighted by Gasteiger charge is 2.07. The number of hydrogen-bond donors (Lipinski definition) is 2. The summed E-state index contributed by atoms with van der Waals surface area (Å²) >= 11 is 0. The quantitative estimate of drug-likeness (QED) is 0.481. The molecule has 0 bridgehead atoms. The Morgan fingerprint density at radius 1 is 1.54 bits per heavy atom. The number of hydrogen-bond acceptors (Lipinski definition) is 2. The molecule has 4 heteroatoms. The van der Waals surface area contributed by atoms with E-state index in [9.17, 15) is 4.79 Å². The number of nitrogens with two attached hydrogens (primary N) is 1. The van der Waals surface area contributed by atoms with Crippen LogP contribution in [-0.4, -0.2) is 20.2 Å². The molecule has 1 aromatic carbocycles. The van der Waals surface area contributed by atoms with Crippen LogP contribution >= 0.6 is 0 Å². The van der Waals surface area contributed by atoms with Crippen LogP contribution < -0.4 is 16.5 Å². The second-order valence-corrected chi connectivity index (χ2v) is 2.85. The molecule has 0 saturated heterocycles. The van der Waals surface area contributed by atoms with E-state index in [1.165, 1.54) is 0 Å². The first-order valence-corrected chi connectivity index (χ1v) is 4.29. The number of rotatable bonds is 2. The minimum atomic E-state index is -0.132. The van der Waals surface area contributed by atoms with Gasteiger partial charge in [-0.3, -0.25) is 4.79 Å². The van der Waals surface area contributed by atoms with Gasteiger partial charge >= 0.3 is 0 Å². The van der Waals surface area contributed by atoms with Gasteiger partial charge < -0.3 is 11.1 Å². The molecule has 0 fully saturated rings. The third-order valence-electron chi connectivity index (χ3n) is 2.00. The van der Waals surface area contributed by atoms with Gasteiger partial charge in [-0.2, -0.15) is 0 Å². The Bertz CT molecular complexity index is 325. The molecular weight excluding hydrogens is 163 g/mol. The van der Waals surface area contributed by atoms with Crippen LogP contribution in [0.15, 0.2) is 18.2 Å². The smallest absolute Gasteiger partial charge is 0.253 e. The lowest BCUT2D eigenvalue weighted by molar-refractivity contribution is 0.0964. The maximum atomic E-state index is 11.3. The fraction of sp³-hybridized carbons (Fsp3) is 0.222. The molecule has 0 spiro atoms. The van der Waals surface area contributed by atoms with Crippen LogP contribution in [-0.2, 0) is 0 Å². The predicted octanol–water partition coefficient (Wildman–Crippen LogP) is -0.262. The van der Waals surface area contributed by atoms with E-state index in [-0.39, 0.29) is 5.91 Å². The molecule has 0 aliphatic carbocycles. The summed E-state index contributed by atoms with van der Waals surface area (Å²) in [5.41, 5.74) is 7.86. The molecule has 0 saturated carbocycles. The molecule has 0 aliphatic heterocycles. The lowest BCUT2D eigenvalue weighted by Crippen LogP contribution is -2.22. The fourth-order valence-electron chi connectivity index (χ4n) is 1.15. The number of carbonyl (C=O) groups is 1. The van der Waals surface area contributed by atoms with Gasteiger partial charge in [-0.15, -0.1) is 0 Å². The van der Waals surface area contributed by atoms with E-state index >= 15 is 0 Å². The molecule has 3 nitrogen and oxygen atoms in total. The van der Waals surface area contributed by atoms with E-state index in [0.29, 0.717) is 11.3 Å². The van der Waals surface area contributed by atoms with Crippen LogP contribution in [0.2, 0.25) is 6.82 Å². The van der Waals surface area contributed by atoms with Crippen LogP contribution in [0.4, 0.5) is 5.69 Å². The molecule has 1 amide bonds. The van der Waals surface area contributed by atoms with Crippen molar-refractivity contribution in [3.8, 4) is 0 Å². The molecule has 0 atom stereocenters. The molecule has 0 aromatic heterocycles. The summed E-state index contributed by atoms with van der Waals surface area (Å²) in [7, 11) is 2.50. The summed E-state index contributed by atoms with van der Waals surface area (Å²) in [5.74, 6) is -0.132. The Kier molecular flexibility index (Phi) is 2.95. The van der Waals surface area contributed by atoms with E-state index in [4.69, 9.17) is 5.73 Å². The molecular formula is C9H13BN2O. The Morgan fingerprint density at radius 2 is 2.23 bits per heavy atom. The van der Waals surface area contributed by atoms with E-state index in [2.05, 4.69) is 5.32 Å². The fourth-order valence-corrected chi connectivity index (χ4v) is 1.15. The summed E-state index contributed by atoms with van der Waals surface area (Å²) in [5, 5.41) is 2.55. The van der Waals surface area contributed by atoms with Crippen molar-refractivity contribution >= 4 is 24.3 Å². The largest absolute Gasteiger partial charge is 0.398 e. The van der Waals surface area contributed by atoms with Gasteiger partial charge in [0.2, 0.25) is 0 Å². The van der Waals surface area contributed by atoms with Crippen LogP contribution in [0.3, 0.4) is 0 Å². The van der Waals surface area contributed by atoms with Gasteiger partial charge in [0.1, 0.15) is 0 Å². The average Bonchev–Trinajstić information content (AvgIpc) is 2.17. The number of anilines is 1. The zero-order valence-electron chi connectivity index (χ0n) is 7.92. The second kappa shape index (κ2) is 3.98. The molecule has 0 unspecified atom stereocenters. The first-order chi connectivity index (χ1) is 6.19. The maximum Gasteiger partial charge on any atom is 0.253 e. The van der Waals surface area contributed by atoms with Crippen molar-refractivity contribution in [1.29, 1.82) is 0 Å². The Labute approximate surface area is 78.6 Å². The van der Waals surface area contributed by atoms with Crippen molar-refractivity contribution < 1.29 is 4.79 Å². The minimum absolute atomic E-state index is 0.132. The van der Waals surface area contributed by atoms with E-state index in [0.717, 1.165) is 12.7 Å². The zero-order chi connectivity index (χ0) is 9.84. The van der Waals surface area contributed by atoms with Crippen molar-refractivity contribution in [2.75, 3.05) is 12.8 Å². The summed E-state index contributed by atoms with van der Waals surface area (Å²) in [4.78, 5) is 11.3. The molecule has 1 aromatic rings. The van der Waals surface area contributed by atoms with Crippen LogP contribution in [0, 0.1) is 0 Å². The molecule has 3 N–H and O–H groups in total. The van der Waals surface area contributed by atoms with Crippen LogP contribution in [0.1, 0.15) is 10.4 Å². The van der Waals surface area contributed by atoms with Gasteiger partial charge in [-0.05, 0) is 6.07 Å². The van der Waals surface area contributed by atoms with Crippen molar-refractivity contribution in [3.63, 3.8) is 0 Å². The predicted molar refractivity (Wildman–Crippen MR) is 56.9 cm³/mol. The molecule has 0 aliphatic rings. The lowest BCUT2D eigenvalue weighted by Gasteiger charge is -2.05. The molecule has 13 heavy (non-hydrogen) atoms. The molecule has 1 rings (SSSR count). The topological polar surface area (TPSA) is 55.1 Å². The number of carbonyl (C=O) groups excluding carboxylic acids is 1. The summed E-state index contributed by atoms with van der Waals surface area (Å²) < 4.78 is 0. The molecule has 0 radical (unpaired) electrons. The molecule has 0 heterocycles. The summed E-state index contributed by atoms with van der Waals surface area (Å²) in [6.45, 7) is 2.04. The first kappa shape index (κ1) is 9.64. The zero-order valence-corrected chi connectivity index (χ0v) is 7.92. The van der Waals surface area contributed by atoms with E-state index in [1.807, 2.05) is 19.0 Å². The summed E-state index contributed by atoms with van der Waals surface area (Å²) in [6.07, 6.45) is 0. The van der Waals surface area contributed by atoms with Crippen molar-refractivity contribution in [2.24, 2.45) is 0 Å². The average molecular weight is 176 g/mol. The van der Waals surface area contributed by atoms with Gasteiger partial charge in [0.15, 0.2) is 7.28 Å². The Morgan fingerprint density at radius 3 is 2.77 bits per heavy atom. The number of benzene rings is 1. The normalized spacial score (nSPS) is 9.38. The number of nitrogens with one attached hydrogen (secondary N) is 1. The second-order valence-electron chi connectivity index (χ2n) is 2.85. The lowest BCUT2D eigenvalue weighted by atomic mass is 9.73. The van der Waals surface area contributed by atoms with Gasteiger partial charge in [0, 0.05) is 12.7 Å². The highest BCUT2D eigenvalue weighted by atomic mass is 16.1. The summed E-state index contributed by atoms with van der Waals surface area (Å²) in [6, 6.07) is 5.53. The maximum absolute atomic E-state index is 11.3. The van der Waals surface area contributed by atoms with Crippen LogP contribution in [0.25, 0.3) is 0 Å². The van der Waals surface area contributed by atoms with Gasteiger partial charge in [-0.25, -0.2) is 0 Å². The SMILES string of the molecule is CBc1ccc(N)c(C(=O)NC)c1. The third kappa shape index (κ3) is 2.02. The number of amides is 1. The van der Waals surface area contributed by atoms with E-state index < -0.39 is 0 Å². The third-order valence-corrected chi connectivity index (χ3v) is 2.00. The van der Waals surface area contributed by atoms with Gasteiger partial charge in [0.25, 0.3) is 5.91 Å². The van der Waals surface area contributed by atoms with Gasteiger partial charge in [-0.1, -0.05) is 24.4 Å². The minimum Gasteiger partial charge on any atom is -0.398 e. The van der Waals surface area contributed by atoms with Gasteiger partial charge in [0.05, 0.1) is 5.56 Å². The monoisotopic (exact) mass is 176 g/mol. The highest BCUT2D eigenvalue weighted by Crippen LogP contribution is 2.08. The Balaban J connectivity index is 3.11. The van der Waals surface area contributed by atoms with Crippen molar-refractivity contribution in [2.45, 2.75) is 6.82 Å². The number of nitrogen functional groups attached to an aromatic ring is 1. The van der Waals surface area contributed by atoms with Crippen molar-refractivity contribution in [3.05, 3.63) is 23.8 Å².